The second-order valence-electron chi connectivity index (χ2n) is 27.2. The highest BCUT2D eigenvalue weighted by molar-refractivity contribution is 6.32. The number of anilines is 1. The molecule has 0 saturated carbocycles. The third-order valence-corrected chi connectivity index (χ3v) is 19.2. The van der Waals surface area contributed by atoms with Crippen molar-refractivity contribution >= 4 is 76.3 Å². The summed E-state index contributed by atoms with van der Waals surface area (Å²) < 4.78 is 50.4. The number of carbonyl (C=O) groups is 8. The van der Waals surface area contributed by atoms with E-state index >= 15 is 14.4 Å². The van der Waals surface area contributed by atoms with Gasteiger partial charge in [-0.2, -0.15) is 4.98 Å². The second kappa shape index (κ2) is 33.7. The lowest BCUT2D eigenvalue weighted by molar-refractivity contribution is -0.333. The number of likely N-dealkylation sites (N-methyl/N-ethyl adjacent to an activating group) is 1. The van der Waals surface area contributed by atoms with Crippen LogP contribution in [0.15, 0.2) is 89.9 Å². The highest BCUT2D eigenvalue weighted by Gasteiger charge is 2.52. The number of nitrogens with two attached hydrogens (primary N) is 3. The fourth-order valence-electron chi connectivity index (χ4n) is 12.9. The van der Waals surface area contributed by atoms with Gasteiger partial charge in [0.05, 0.1) is 41.3 Å². The van der Waals surface area contributed by atoms with Gasteiger partial charge in [0.2, 0.25) is 53.4 Å². The number of ether oxygens (including phenoxy) is 6. The summed E-state index contributed by atoms with van der Waals surface area (Å²) in [4.78, 5) is 132. The standard InChI is InChI=1S/C66H75Cl2N9O24.C4H4FN3O/c1-23(2)12-34(71-5)58(88)76-49-51(83)26-7-10-38(32(67)14-26)97-40-16-28-17-41(55(40)101-65-56(54(86)53(85)42(22-78)99-65)100-44-21-66(4,70)57(87)24(3)96-44)98-39-11-8-27(15-33(39)68)52(84)50-63(93)75-48(64(94)95)31-18-29(79)19-37(81)45(31)30-13-25(6-9-36(30)80)46(60(90)77-50)74-61(91)47(28)73-59(89)35(20-43(69)82)72-62(49)92;5-2-1-7-4(9)8-3(2)6/h6-11,13-19,23-24,34-35,42,44,46-54,56-57,65,71,78-81,83-87H,12,20-22,70H2,1-5H3,(H2,69,82)(H,72,92)(H,73,89)(H,74,91)(H,75,93)(H,76,88)(H,77,90)(H,94,95);1H,(H3,6,7,8,9)/t24-,34+,35-,42+,44-,46+,47+,48+,49+,50-,51+,52+,53+,54-,56+,57?,65-,66-;/m0./s1. The number of nitrogens with zero attached hydrogens (tertiary/aromatic N) is 1. The Hall–Kier alpha value is -10.6. The fourth-order valence-corrected chi connectivity index (χ4v) is 13.3. The predicted molar refractivity (Wildman–Crippen MR) is 379 cm³/mol. The van der Waals surface area contributed by atoms with Gasteiger partial charge in [0, 0.05) is 40.9 Å². The van der Waals surface area contributed by atoms with E-state index in [0.29, 0.717) is 0 Å². The minimum absolute atomic E-state index is 0.0975. The minimum Gasteiger partial charge on any atom is -0.508 e. The molecule has 13 rings (SSSR count). The van der Waals surface area contributed by atoms with Crippen LogP contribution in [0.1, 0.15) is 105 Å². The molecule has 2 saturated heterocycles. The molecule has 590 valence electrons. The van der Waals surface area contributed by atoms with Gasteiger partial charge in [-0.15, -0.1) is 0 Å². The molecule has 0 radical (unpaired) electrons. The monoisotopic (exact) mass is 1580 g/mol. The Morgan fingerprint density at radius 2 is 1.35 bits per heavy atom. The van der Waals surface area contributed by atoms with Gasteiger partial charge < -0.3 is 139 Å². The number of nitrogen functional groups attached to an aromatic ring is 1. The zero-order valence-corrected chi connectivity index (χ0v) is 60.2. The van der Waals surface area contributed by atoms with E-state index in [-0.39, 0.29) is 52.0 Å². The molecule has 7 aliphatic rings. The number of hydrogen-bond donors (Lipinski definition) is 21. The SMILES string of the molecule is CN[C@H](CC(C)C)C(=O)N[C@H]1C(=O)N[C@@H](CC(N)=O)C(=O)N[C@H]2C(=O)N[C@H]3C(=O)N[C@H](C(=O)N[C@@H](C(=O)O)c4cc(O)cc(O)c4-c4cc3ccc4O)[C@H](O)c3ccc(c(Cl)c3)Oc3cc2cc(c3O[C@@H]2O[C@H](CO)[C@@H](O)[C@H](O)[C@H]2O[C@H]2C[C@](C)(N)C(O)[C@H](C)O2)Oc2ccc(cc2Cl)[C@H]1O.Nc1nc(=O)[nH]cc1F. The summed E-state index contributed by atoms with van der Waals surface area (Å²) in [6.07, 6.45) is -17.7. The van der Waals surface area contributed by atoms with Crippen molar-refractivity contribution in [3.63, 3.8) is 0 Å². The number of phenolic OH excluding ortho intramolecular Hbond substituents is 3. The first kappa shape index (κ1) is 81.9. The molecule has 24 N–H and O–H groups in total. The van der Waals surface area contributed by atoms with Gasteiger partial charge in [0.25, 0.3) is 0 Å². The number of benzene rings is 5. The van der Waals surface area contributed by atoms with Gasteiger partial charge in [-0.3, -0.25) is 33.6 Å². The lowest BCUT2D eigenvalue weighted by Gasteiger charge is -2.47. The van der Waals surface area contributed by atoms with Gasteiger partial charge in [-0.05, 0) is 110 Å². The summed E-state index contributed by atoms with van der Waals surface area (Å²) in [5, 5.41) is 131. The van der Waals surface area contributed by atoms with Crippen LogP contribution in [0.2, 0.25) is 10.0 Å². The molecule has 110 heavy (non-hydrogen) atoms. The summed E-state index contributed by atoms with van der Waals surface area (Å²) >= 11 is 14.1. The van der Waals surface area contributed by atoms with Crippen molar-refractivity contribution in [2.75, 3.05) is 19.4 Å². The van der Waals surface area contributed by atoms with Crippen molar-refractivity contribution in [1.82, 2.24) is 47.2 Å². The molecule has 8 heterocycles. The lowest BCUT2D eigenvalue weighted by Crippen LogP contribution is -2.64. The molecule has 11 bridgehead atoms. The van der Waals surface area contributed by atoms with Crippen molar-refractivity contribution in [1.29, 1.82) is 0 Å². The van der Waals surface area contributed by atoms with E-state index in [0.717, 1.165) is 72.9 Å². The van der Waals surface area contributed by atoms with Crippen molar-refractivity contribution in [3.8, 4) is 57.1 Å². The van der Waals surface area contributed by atoms with Crippen LogP contribution in [0.5, 0.6) is 46.0 Å². The summed E-state index contributed by atoms with van der Waals surface area (Å²) in [6, 6.07) is -0.679. The molecule has 7 aliphatic heterocycles. The molecule has 0 spiro atoms. The van der Waals surface area contributed by atoms with Gasteiger partial charge in [0.1, 0.15) is 89.5 Å². The first-order chi connectivity index (χ1) is 51.9. The molecule has 0 aliphatic carbocycles. The lowest BCUT2D eigenvalue weighted by atomic mass is 9.86. The number of phenols is 3. The van der Waals surface area contributed by atoms with Crippen LogP contribution in [0, 0.1) is 11.7 Å². The Morgan fingerprint density at radius 1 is 0.745 bits per heavy atom. The molecule has 1 aromatic heterocycles. The number of aliphatic hydroxyl groups excluding tert-OH is 6. The first-order valence-electron chi connectivity index (χ1n) is 33.8. The number of hydrogen-bond acceptors (Lipinski definition) is 28. The van der Waals surface area contributed by atoms with Crippen molar-refractivity contribution < 1.29 is 122 Å². The Bertz CT molecular complexity index is 4620. The zero-order valence-electron chi connectivity index (χ0n) is 58.7. The molecule has 1 unspecified atom stereocenters. The average molecular weight is 1580 g/mol. The summed E-state index contributed by atoms with van der Waals surface area (Å²) in [5.41, 5.74) is 12.3. The highest BCUT2D eigenvalue weighted by Crippen LogP contribution is 2.50. The number of amides is 7. The van der Waals surface area contributed by atoms with E-state index in [1.54, 1.807) is 0 Å². The number of aromatic amines is 1. The smallest absolute Gasteiger partial charge is 0.347 e. The number of carboxylic acid groups (broad SMARTS) is 1. The number of carboxylic acids is 1. The number of aliphatic carboxylic acids is 1. The molecule has 5 aromatic carbocycles. The molecule has 37 nitrogen and oxygen atoms in total. The van der Waals surface area contributed by atoms with E-state index in [9.17, 15) is 84.2 Å². The maximum Gasteiger partial charge on any atom is 0.347 e. The molecule has 2 fully saturated rings. The molecular formula is C70H79Cl2FN12O25. The van der Waals surface area contributed by atoms with Crippen LogP contribution >= 0.6 is 23.2 Å². The van der Waals surface area contributed by atoms with Gasteiger partial charge in [0.15, 0.2) is 41.6 Å². The maximum atomic E-state index is 16.0. The van der Waals surface area contributed by atoms with Crippen LogP contribution < -0.4 is 74.3 Å². The van der Waals surface area contributed by atoms with Crippen LogP contribution in [0.25, 0.3) is 11.1 Å². The number of halogens is 3. The first-order valence-corrected chi connectivity index (χ1v) is 34.6. The summed E-state index contributed by atoms with van der Waals surface area (Å²) in [5.74, 6) is -17.1. The van der Waals surface area contributed by atoms with Gasteiger partial charge in [-0.25, -0.2) is 14.0 Å². The van der Waals surface area contributed by atoms with Crippen molar-refractivity contribution in [2.45, 2.75) is 156 Å². The Balaban J connectivity index is 0.00000133. The normalized spacial score (nSPS) is 27.8. The quantitative estimate of drug-likeness (QED) is 0.0699. The van der Waals surface area contributed by atoms with Crippen LogP contribution in [0.4, 0.5) is 10.2 Å². The van der Waals surface area contributed by atoms with E-state index < -0.39 is 249 Å². The number of H-pyrrole nitrogens is 1. The van der Waals surface area contributed by atoms with Gasteiger partial charge in [-0.1, -0.05) is 55.2 Å². The number of primary amides is 1. The Morgan fingerprint density at radius 3 is 1.93 bits per heavy atom. The second-order valence-corrected chi connectivity index (χ2v) is 28.0. The average Bonchev–Trinajstić information content (AvgIpc) is 0.777. The Labute approximate surface area is 632 Å². The number of carbonyl (C=O) groups excluding carboxylic acids is 7. The van der Waals surface area contributed by atoms with Gasteiger partial charge >= 0.3 is 11.7 Å². The zero-order chi connectivity index (χ0) is 80.4. The number of aromatic nitrogens is 2. The predicted octanol–water partition coefficient (Wildman–Crippen LogP) is -0.403. The highest BCUT2D eigenvalue weighted by atomic mass is 35.5. The molecule has 40 heteroatoms. The van der Waals surface area contributed by atoms with E-state index in [4.69, 9.17) is 68.8 Å². The molecule has 18 atom stereocenters. The third-order valence-electron chi connectivity index (χ3n) is 18.6. The van der Waals surface area contributed by atoms with Crippen LogP contribution in [0.3, 0.4) is 0 Å². The number of aromatic hydroxyl groups is 3. The van der Waals surface area contributed by atoms with E-state index in [2.05, 4.69) is 42.2 Å². The topological polar surface area (TPSA) is 602 Å². The number of aliphatic hydroxyl groups is 6. The Kier molecular flexibility index (Phi) is 25.1. The van der Waals surface area contributed by atoms with Crippen molar-refractivity contribution in [2.24, 2.45) is 17.4 Å². The summed E-state index contributed by atoms with van der Waals surface area (Å²) in [7, 11) is 1.47. The minimum atomic E-state index is -2.35. The van der Waals surface area contributed by atoms with Crippen LogP contribution in [-0.2, 0) is 52.6 Å². The molecule has 6 aromatic rings. The number of nitrogens with one attached hydrogen (secondary N) is 8. The fraction of sp³-hybridized carbons (Fsp3) is 0.400. The van der Waals surface area contributed by atoms with Crippen molar-refractivity contribution in [3.05, 3.63) is 139 Å². The van der Waals surface area contributed by atoms with Crippen LogP contribution in [-0.4, -0.2) is 201 Å². The van der Waals surface area contributed by atoms with E-state index in [1.165, 1.54) is 33.0 Å². The summed E-state index contributed by atoms with van der Waals surface area (Å²) in [6.45, 7) is 5.66. The van der Waals surface area contributed by atoms with E-state index in [1.807, 2.05) is 18.8 Å². The largest absolute Gasteiger partial charge is 0.508 e. The maximum absolute atomic E-state index is 16.0. The molecule has 7 amide bonds. The third kappa shape index (κ3) is 18.0. The number of rotatable bonds is 13. The number of fused-ring (bicyclic) bond motifs is 15. The molecular weight excluding hydrogens is 1500 g/mol.